The van der Waals surface area contributed by atoms with Crippen molar-refractivity contribution in [2.45, 2.75) is 45.1 Å². The molecule has 0 aliphatic rings. The van der Waals surface area contributed by atoms with Crippen LogP contribution in [0.4, 0.5) is 0 Å². The van der Waals surface area contributed by atoms with Gasteiger partial charge in [0.25, 0.3) is 5.91 Å². The first-order valence-corrected chi connectivity index (χ1v) is 15.7. The van der Waals surface area contributed by atoms with Gasteiger partial charge >= 0.3 is 21.2 Å². The summed E-state index contributed by atoms with van der Waals surface area (Å²) < 4.78 is 56.0. The Morgan fingerprint density at radius 2 is 1.18 bits per heavy atom. The predicted molar refractivity (Wildman–Crippen MR) is 144 cm³/mol. The van der Waals surface area contributed by atoms with Crippen molar-refractivity contribution in [3.63, 3.8) is 0 Å². The minimum atomic E-state index is -4.27. The first-order chi connectivity index (χ1) is 18.2. The number of methoxy groups -OCH3 is 1. The summed E-state index contributed by atoms with van der Waals surface area (Å²) in [6.07, 6.45) is -0.531. The van der Waals surface area contributed by atoms with Gasteiger partial charge in [-0.05, 0) is 45.4 Å². The minimum absolute atomic E-state index is 0.0427. The summed E-state index contributed by atoms with van der Waals surface area (Å²) in [4.78, 5) is 27.1. The molecule has 1 amide bonds. The van der Waals surface area contributed by atoms with Crippen molar-refractivity contribution in [1.29, 1.82) is 0 Å². The minimum Gasteiger partial charge on any atom is -0.467 e. The molecule has 0 spiro atoms. The third-order valence-corrected chi connectivity index (χ3v) is 11.6. The molecule has 10 nitrogen and oxygen atoms in total. The molecule has 0 saturated heterocycles. The smallest absolute Gasteiger partial charge is 0.345 e. The lowest BCUT2D eigenvalue weighted by molar-refractivity contribution is -0.149. The summed E-state index contributed by atoms with van der Waals surface area (Å²) in [5.74, 6) is -1.49. The van der Waals surface area contributed by atoms with E-state index < -0.39 is 44.4 Å². The number of hydrogen-bond acceptors (Lipinski definition) is 9. The van der Waals surface area contributed by atoms with Crippen LogP contribution in [-0.2, 0) is 42.3 Å². The van der Waals surface area contributed by atoms with Crippen LogP contribution in [-0.4, -0.2) is 50.8 Å². The van der Waals surface area contributed by atoms with Gasteiger partial charge in [-0.25, -0.2) is 4.79 Å². The third kappa shape index (κ3) is 7.41. The maximum absolute atomic E-state index is 14.2. The van der Waals surface area contributed by atoms with Crippen LogP contribution in [0.3, 0.4) is 0 Å². The molecule has 0 fully saturated rings. The first-order valence-electron chi connectivity index (χ1n) is 12.4. The Morgan fingerprint density at radius 3 is 1.58 bits per heavy atom. The molecule has 2 aromatic carbocycles. The zero-order valence-corrected chi connectivity index (χ0v) is 24.2. The van der Waals surface area contributed by atoms with E-state index in [9.17, 15) is 18.7 Å². The number of amides is 1. The van der Waals surface area contributed by atoms with Crippen molar-refractivity contribution < 1.29 is 41.6 Å². The monoisotopic (exact) mass is 569 g/mol. The number of carbonyl (C=O) groups is 2. The zero-order valence-electron chi connectivity index (χ0n) is 22.5. The van der Waals surface area contributed by atoms with Crippen LogP contribution in [0.5, 0.6) is 0 Å². The SMILES string of the molecule is CCOP(=O)(OCC)C(CC(NC(=O)c1ccccc1)(C(=O)OC)c1ccccc1)P(=O)(OCC)OCC. The van der Waals surface area contributed by atoms with Crippen LogP contribution in [0.15, 0.2) is 60.7 Å². The van der Waals surface area contributed by atoms with Crippen molar-refractivity contribution in [3.05, 3.63) is 71.8 Å². The highest BCUT2D eigenvalue weighted by Gasteiger charge is 2.57. The molecule has 210 valence electrons. The number of carbonyl (C=O) groups excluding carboxylic acids is 2. The van der Waals surface area contributed by atoms with E-state index in [1.54, 1.807) is 88.4 Å². The van der Waals surface area contributed by atoms with Gasteiger partial charge in [0, 0.05) is 12.0 Å². The average Bonchev–Trinajstić information content (AvgIpc) is 2.91. The summed E-state index contributed by atoms with van der Waals surface area (Å²) in [6.45, 7) is 6.26. The first kappa shape index (κ1) is 31.9. The van der Waals surface area contributed by atoms with E-state index in [0.717, 1.165) is 0 Å². The van der Waals surface area contributed by atoms with Gasteiger partial charge in [0.05, 0.1) is 33.5 Å². The highest BCUT2D eigenvalue weighted by molar-refractivity contribution is 7.72. The Bertz CT molecular complexity index is 1080. The lowest BCUT2D eigenvalue weighted by Gasteiger charge is -2.39. The number of hydrogen-bond donors (Lipinski definition) is 1. The average molecular weight is 570 g/mol. The summed E-state index contributed by atoms with van der Waals surface area (Å²) in [6, 6.07) is 16.6. The fourth-order valence-electron chi connectivity index (χ4n) is 4.05. The molecule has 2 rings (SSSR count). The van der Waals surface area contributed by atoms with Crippen molar-refractivity contribution in [2.75, 3.05) is 33.5 Å². The highest BCUT2D eigenvalue weighted by atomic mass is 31.2. The number of benzene rings is 2. The van der Waals surface area contributed by atoms with Gasteiger partial charge in [-0.3, -0.25) is 13.9 Å². The fraction of sp³-hybridized carbons (Fsp3) is 0.462. The largest absolute Gasteiger partial charge is 0.467 e. The molecule has 1 N–H and O–H groups in total. The van der Waals surface area contributed by atoms with Crippen LogP contribution in [0.1, 0.15) is 50.0 Å². The Morgan fingerprint density at radius 1 is 0.763 bits per heavy atom. The maximum atomic E-state index is 14.2. The Balaban J connectivity index is 2.85. The number of rotatable bonds is 16. The molecule has 1 unspecified atom stereocenters. The zero-order chi connectivity index (χ0) is 28.2. The highest BCUT2D eigenvalue weighted by Crippen LogP contribution is 2.72. The third-order valence-electron chi connectivity index (χ3n) is 5.62. The van der Waals surface area contributed by atoms with Crippen LogP contribution in [0, 0.1) is 0 Å². The second-order valence-corrected chi connectivity index (χ2v) is 12.9. The lowest BCUT2D eigenvalue weighted by Crippen LogP contribution is -2.54. The van der Waals surface area contributed by atoms with Crippen LogP contribution < -0.4 is 5.32 Å². The predicted octanol–water partition coefficient (Wildman–Crippen LogP) is 5.73. The van der Waals surface area contributed by atoms with Gasteiger partial charge in [-0.15, -0.1) is 0 Å². The van der Waals surface area contributed by atoms with Gasteiger partial charge in [0.1, 0.15) is 0 Å². The molecule has 0 aliphatic carbocycles. The van der Waals surface area contributed by atoms with Crippen molar-refractivity contribution >= 4 is 27.1 Å². The molecule has 0 radical (unpaired) electrons. The van der Waals surface area contributed by atoms with Gasteiger partial charge in [0.15, 0.2) is 10.9 Å². The van der Waals surface area contributed by atoms with E-state index in [0.29, 0.717) is 5.56 Å². The van der Waals surface area contributed by atoms with E-state index in [4.69, 9.17) is 22.8 Å². The summed E-state index contributed by atoms with van der Waals surface area (Å²) in [7, 11) is -7.36. The molecule has 0 aliphatic heterocycles. The molecule has 1 atom stereocenters. The lowest BCUT2D eigenvalue weighted by atomic mass is 9.86. The summed E-state index contributed by atoms with van der Waals surface area (Å²) >= 11 is 0. The van der Waals surface area contributed by atoms with Crippen LogP contribution >= 0.6 is 15.2 Å². The Labute approximate surface area is 224 Å². The van der Waals surface area contributed by atoms with Gasteiger partial charge in [-0.2, -0.15) is 0 Å². The van der Waals surface area contributed by atoms with Gasteiger partial charge in [0.2, 0.25) is 0 Å². The van der Waals surface area contributed by atoms with Crippen molar-refractivity contribution in [2.24, 2.45) is 0 Å². The molecule has 0 saturated carbocycles. The van der Waals surface area contributed by atoms with E-state index in [2.05, 4.69) is 5.32 Å². The van der Waals surface area contributed by atoms with Crippen LogP contribution in [0.25, 0.3) is 0 Å². The molecule has 38 heavy (non-hydrogen) atoms. The van der Waals surface area contributed by atoms with Crippen molar-refractivity contribution in [3.8, 4) is 0 Å². The second kappa shape index (κ2) is 14.7. The second-order valence-electron chi connectivity index (χ2n) is 8.02. The van der Waals surface area contributed by atoms with E-state index in [1.165, 1.54) is 7.11 Å². The number of nitrogens with one attached hydrogen (secondary N) is 1. The van der Waals surface area contributed by atoms with E-state index >= 15 is 0 Å². The molecule has 12 heteroatoms. The number of ether oxygens (including phenoxy) is 1. The van der Waals surface area contributed by atoms with Crippen molar-refractivity contribution in [1.82, 2.24) is 5.32 Å². The van der Waals surface area contributed by atoms with E-state index in [1.807, 2.05) is 0 Å². The molecule has 0 bridgehead atoms. The summed E-state index contributed by atoms with van der Waals surface area (Å²) in [5.41, 5.74) is -1.40. The standard InChI is InChI=1S/C26H37NO9P2/c1-6-33-37(30,34-7-2)23(38(31,35-8-3)36-9-4)20-26(25(29)32-5,22-18-14-11-15-19-22)27-24(28)21-16-12-10-13-17-21/h10-19,23H,6-9,20H2,1-5H3,(H,27,28). The molecule has 0 aromatic heterocycles. The quantitative estimate of drug-likeness (QED) is 0.199. The molecular weight excluding hydrogens is 532 g/mol. The van der Waals surface area contributed by atoms with Gasteiger partial charge < -0.3 is 28.1 Å². The topological polar surface area (TPSA) is 126 Å². The fourth-order valence-corrected chi connectivity index (χ4v) is 9.51. The maximum Gasteiger partial charge on any atom is 0.345 e. The molecule has 0 heterocycles. The van der Waals surface area contributed by atoms with Gasteiger partial charge in [-0.1, -0.05) is 48.5 Å². The Hall–Kier alpha value is -2.32. The number of esters is 1. The normalized spacial score (nSPS) is 13.6. The molecular formula is C26H37NO9P2. The Kier molecular flexibility index (Phi) is 12.4. The van der Waals surface area contributed by atoms with Crippen LogP contribution in [0.2, 0.25) is 0 Å². The molecule has 2 aromatic rings. The van der Waals surface area contributed by atoms with E-state index in [-0.39, 0.29) is 32.0 Å². The summed E-state index contributed by atoms with van der Waals surface area (Å²) in [5, 5.41) is 1.19.